The van der Waals surface area contributed by atoms with Crippen molar-refractivity contribution < 1.29 is 69.8 Å². The number of anilines is 1. The Morgan fingerprint density at radius 1 is 1.22 bits per heavy atom. The number of nitrogens with two attached hydrogens (primary N) is 1. The van der Waals surface area contributed by atoms with Crippen LogP contribution in [-0.4, -0.2) is 65.8 Å². The molecule has 0 bridgehead atoms. The molecule has 2 unspecified atom stereocenters. The fourth-order valence-electron chi connectivity index (χ4n) is 2.41. The van der Waals surface area contributed by atoms with E-state index in [9.17, 15) is 37.3 Å². The summed E-state index contributed by atoms with van der Waals surface area (Å²) in [6, 6.07) is 0.950. The molecule has 0 spiro atoms. The molecular formula is C10H16F2N3O14P3. The lowest BCUT2D eigenvalue weighted by atomic mass is 10.1. The molecule has 2 rings (SSSR count). The second kappa shape index (κ2) is 8.88. The van der Waals surface area contributed by atoms with Crippen LogP contribution in [0.25, 0.3) is 0 Å². The van der Waals surface area contributed by atoms with Crippen molar-refractivity contribution in [2.24, 2.45) is 0 Å². The maximum absolute atomic E-state index is 14.6. The molecule has 1 fully saturated rings. The van der Waals surface area contributed by atoms with Gasteiger partial charge in [0.15, 0.2) is 6.10 Å². The van der Waals surface area contributed by atoms with Crippen LogP contribution < -0.4 is 11.4 Å². The fourth-order valence-corrected chi connectivity index (χ4v) is 5.45. The third kappa shape index (κ3) is 6.03. The van der Waals surface area contributed by atoms with Crippen LogP contribution in [0.4, 0.5) is 14.6 Å². The maximum Gasteiger partial charge on any atom is 0.490 e. The minimum atomic E-state index is -5.90. The van der Waals surface area contributed by atoms with Gasteiger partial charge in [0.1, 0.15) is 12.4 Å². The zero-order valence-corrected chi connectivity index (χ0v) is 18.2. The van der Waals surface area contributed by atoms with E-state index in [0.717, 1.165) is 12.3 Å². The Bertz CT molecular complexity index is 1060. The molecule has 17 nitrogen and oxygen atoms in total. The lowest BCUT2D eigenvalue weighted by Crippen LogP contribution is -2.50. The predicted octanol–water partition coefficient (Wildman–Crippen LogP) is -0.964. The number of hydrogen-bond donors (Lipinski definition) is 6. The second-order valence-electron chi connectivity index (χ2n) is 5.97. The number of aliphatic hydroxyl groups excluding tert-OH is 1. The number of phosphoric acid groups is 3. The van der Waals surface area contributed by atoms with Crippen LogP contribution in [-0.2, 0) is 36.3 Å². The summed E-state index contributed by atoms with van der Waals surface area (Å²) in [5.74, 6) is -7.57. The molecular weight excluding hydrogens is 517 g/mol. The highest BCUT2D eigenvalue weighted by molar-refractivity contribution is 7.66. The van der Waals surface area contributed by atoms with E-state index in [4.69, 9.17) is 25.2 Å². The molecule has 0 aromatic carbocycles. The van der Waals surface area contributed by atoms with Crippen LogP contribution in [0.5, 0.6) is 0 Å². The molecule has 1 aliphatic heterocycles. The van der Waals surface area contributed by atoms with Crippen LogP contribution >= 0.6 is 23.5 Å². The Balaban J connectivity index is 2.27. The first kappa shape index (κ1) is 27.1. The normalized spacial score (nSPS) is 29.4. The largest absolute Gasteiger partial charge is 0.490 e. The third-order valence-electron chi connectivity index (χ3n) is 3.72. The fraction of sp³-hybridized carbons (Fsp3) is 0.600. The molecule has 0 aliphatic carbocycles. The molecule has 1 saturated heterocycles. The van der Waals surface area contributed by atoms with Gasteiger partial charge in [-0.1, -0.05) is 0 Å². The highest BCUT2D eigenvalue weighted by Gasteiger charge is 2.68. The van der Waals surface area contributed by atoms with Crippen LogP contribution in [0.1, 0.15) is 6.23 Å². The number of alkyl halides is 2. The zero-order chi connectivity index (χ0) is 24.8. The summed E-state index contributed by atoms with van der Waals surface area (Å²) in [4.78, 5) is 50.6. The number of halogens is 2. The molecule has 0 amide bonds. The summed E-state index contributed by atoms with van der Waals surface area (Å²) in [6.07, 6.45) is -4.78. The van der Waals surface area contributed by atoms with Gasteiger partial charge in [-0.3, -0.25) is 9.09 Å². The van der Waals surface area contributed by atoms with Crippen molar-refractivity contribution in [1.29, 1.82) is 0 Å². The van der Waals surface area contributed by atoms with Gasteiger partial charge in [-0.05, 0) is 6.07 Å². The number of ether oxygens (including phenoxy) is 2. The average Bonchev–Trinajstić information content (AvgIpc) is 2.78. The molecule has 2 heterocycles. The van der Waals surface area contributed by atoms with E-state index >= 15 is 0 Å². The van der Waals surface area contributed by atoms with Gasteiger partial charge in [0.05, 0.1) is 0 Å². The average molecular weight is 533 g/mol. The minimum Gasteiger partial charge on any atom is -0.383 e. The number of hydrogen-bond acceptors (Lipinski definition) is 12. The van der Waals surface area contributed by atoms with Crippen molar-refractivity contribution in [3.05, 3.63) is 22.7 Å². The highest BCUT2D eigenvalue weighted by Crippen LogP contribution is 2.66. The van der Waals surface area contributed by atoms with E-state index < -0.39 is 59.8 Å². The van der Waals surface area contributed by atoms with E-state index in [2.05, 4.69) is 22.9 Å². The Morgan fingerprint density at radius 2 is 1.81 bits per heavy atom. The third-order valence-corrected chi connectivity index (χ3v) is 7.50. The number of nitrogens with zero attached hydrogens (tertiary/aromatic N) is 2. The van der Waals surface area contributed by atoms with Gasteiger partial charge in [-0.2, -0.15) is 22.4 Å². The Labute approximate surface area is 175 Å². The van der Waals surface area contributed by atoms with Crippen molar-refractivity contribution in [1.82, 2.24) is 9.55 Å². The molecule has 0 radical (unpaired) electrons. The molecule has 5 atom stereocenters. The van der Waals surface area contributed by atoms with Gasteiger partial charge in [0.25, 0.3) is 0 Å². The van der Waals surface area contributed by atoms with Crippen LogP contribution in [0, 0.1) is 0 Å². The Hall–Kier alpha value is -1.17. The number of aliphatic hydroxyl groups is 1. The number of phosphoric ester groups is 1. The van der Waals surface area contributed by atoms with Gasteiger partial charge in [-0.15, -0.1) is 0 Å². The summed E-state index contributed by atoms with van der Waals surface area (Å²) in [7, 11) is -16.6. The molecule has 7 N–H and O–H groups in total. The van der Waals surface area contributed by atoms with Crippen molar-refractivity contribution in [2.45, 2.75) is 24.0 Å². The second-order valence-corrected chi connectivity index (χ2v) is 10.4. The summed E-state index contributed by atoms with van der Waals surface area (Å²) in [5, 5.41) is 10.0. The predicted molar refractivity (Wildman–Crippen MR) is 93.5 cm³/mol. The van der Waals surface area contributed by atoms with E-state index in [1.807, 2.05) is 0 Å². The summed E-state index contributed by atoms with van der Waals surface area (Å²) >= 11 is 0. The van der Waals surface area contributed by atoms with Crippen LogP contribution in [0.2, 0.25) is 0 Å². The number of nitrogen functional groups attached to an aromatic ring is 1. The quantitative estimate of drug-likeness (QED) is 0.209. The van der Waals surface area contributed by atoms with Crippen LogP contribution in [0.15, 0.2) is 17.1 Å². The highest BCUT2D eigenvalue weighted by atomic mass is 31.3. The zero-order valence-electron chi connectivity index (χ0n) is 15.5. The van der Waals surface area contributed by atoms with Gasteiger partial charge in [0, 0.05) is 13.3 Å². The number of rotatable bonds is 9. The first-order valence-electron chi connectivity index (χ1n) is 7.76. The molecule has 1 aromatic rings. The molecule has 1 aliphatic rings. The van der Waals surface area contributed by atoms with Gasteiger partial charge < -0.3 is 39.9 Å². The van der Waals surface area contributed by atoms with Gasteiger partial charge in [0.2, 0.25) is 12.0 Å². The van der Waals surface area contributed by atoms with Crippen molar-refractivity contribution in [3.8, 4) is 0 Å². The first-order chi connectivity index (χ1) is 14.3. The van der Waals surface area contributed by atoms with Crippen molar-refractivity contribution in [2.75, 3.05) is 19.5 Å². The smallest absolute Gasteiger partial charge is 0.383 e. The summed E-state index contributed by atoms with van der Waals surface area (Å²) in [5.41, 5.74) is 3.94. The molecule has 184 valence electrons. The van der Waals surface area contributed by atoms with Crippen LogP contribution in [0.3, 0.4) is 0 Å². The summed E-state index contributed by atoms with van der Waals surface area (Å²) < 4.78 is 84.0. The van der Waals surface area contributed by atoms with E-state index in [1.54, 1.807) is 0 Å². The maximum atomic E-state index is 14.6. The molecule has 22 heteroatoms. The molecule has 32 heavy (non-hydrogen) atoms. The van der Waals surface area contributed by atoms with Gasteiger partial charge in [-0.25, -0.2) is 18.5 Å². The molecule has 0 saturated carbocycles. The number of methoxy groups -OCH3 is 1. The lowest BCUT2D eigenvalue weighted by Gasteiger charge is -2.30. The first-order valence-corrected chi connectivity index (χ1v) is 12.3. The van der Waals surface area contributed by atoms with E-state index in [0.29, 0.717) is 7.11 Å². The van der Waals surface area contributed by atoms with Gasteiger partial charge >= 0.3 is 35.1 Å². The lowest BCUT2D eigenvalue weighted by molar-refractivity contribution is -0.267. The Morgan fingerprint density at radius 3 is 2.31 bits per heavy atom. The SMILES string of the molecule is CO[C@]1(COP(=O)(O)OP(=O)(O)OP(=O)(O)O)O[C@@H](n2ccc(N)nc2=O)C(F)(F)[C@@H]1O. The minimum absolute atomic E-state index is 0.227. The van der Waals surface area contributed by atoms with E-state index in [1.165, 1.54) is 0 Å². The Kier molecular flexibility index (Phi) is 7.52. The monoisotopic (exact) mass is 533 g/mol. The van der Waals surface area contributed by atoms with E-state index in [-0.39, 0.29) is 10.4 Å². The summed E-state index contributed by atoms with van der Waals surface area (Å²) in [6.45, 7) is -1.59. The topological polar surface area (TPSA) is 259 Å². The number of aromatic nitrogens is 2. The molecule has 1 aromatic heterocycles. The standard InChI is InChI=1S/C10H16F2N3O14P3/c1-25-9(4-26-31(21,22)29-32(23,24)28-30(18,19)20)6(16)10(11,12)7(27-9)15-3-2-5(13)14-8(15)17/h2-3,6-7,16H,4H2,1H3,(H,21,22)(H,23,24)(H2,13,14,17)(H2,18,19,20)/t6-,7-,9-/m1/s1. The van der Waals surface area contributed by atoms with Crippen molar-refractivity contribution >= 4 is 29.3 Å². The van der Waals surface area contributed by atoms with Crippen molar-refractivity contribution in [3.63, 3.8) is 0 Å².